The van der Waals surface area contributed by atoms with Gasteiger partial charge in [-0.15, -0.1) is 0 Å². The molecule has 0 radical (unpaired) electrons. The molecule has 5 heteroatoms. The molecule has 1 unspecified atom stereocenters. The smallest absolute Gasteiger partial charge is 0.226 e. The first-order valence-electron chi connectivity index (χ1n) is 6.95. The number of carbonyl (C=O) groups is 1. The van der Waals surface area contributed by atoms with E-state index in [9.17, 15) is 4.79 Å². The van der Waals surface area contributed by atoms with Crippen LogP contribution in [0, 0.1) is 0 Å². The molecule has 2 rings (SSSR count). The zero-order valence-corrected chi connectivity index (χ0v) is 12.3. The Balaban J connectivity index is 2.31. The highest BCUT2D eigenvalue weighted by atomic mass is 16.5. The fourth-order valence-corrected chi connectivity index (χ4v) is 2.37. The van der Waals surface area contributed by atoms with Crippen molar-refractivity contribution < 1.29 is 14.3 Å². The maximum absolute atomic E-state index is 12.1. The van der Waals surface area contributed by atoms with E-state index in [-0.39, 0.29) is 12.1 Å². The Morgan fingerprint density at radius 1 is 1.50 bits per heavy atom. The molecule has 1 aliphatic rings. The zero-order valence-electron chi connectivity index (χ0n) is 12.3. The Hall–Kier alpha value is -1.59. The van der Waals surface area contributed by atoms with E-state index in [4.69, 9.17) is 9.47 Å². The van der Waals surface area contributed by atoms with Gasteiger partial charge in [0, 0.05) is 20.0 Å². The molecule has 110 valence electrons. The van der Waals surface area contributed by atoms with Gasteiger partial charge in [0.05, 0.1) is 18.9 Å². The van der Waals surface area contributed by atoms with Gasteiger partial charge in [-0.2, -0.15) is 0 Å². The fraction of sp³-hybridized carbons (Fsp3) is 0.533. The number of ether oxygens (including phenoxy) is 2. The monoisotopic (exact) mass is 278 g/mol. The van der Waals surface area contributed by atoms with Gasteiger partial charge in [-0.05, 0) is 26.1 Å². The van der Waals surface area contributed by atoms with Crippen LogP contribution in [0.3, 0.4) is 0 Å². The third-order valence-electron chi connectivity index (χ3n) is 3.30. The van der Waals surface area contributed by atoms with Crippen molar-refractivity contribution >= 4 is 11.6 Å². The standard InChI is InChI=1S/C15H22N2O3/c1-4-19-14-8-6-5-7-13(14)17(12(2)18)15-11-16(3)9-10-20-15/h5-8,15H,4,9-11H2,1-3H3. The summed E-state index contributed by atoms with van der Waals surface area (Å²) in [5, 5.41) is 0. The lowest BCUT2D eigenvalue weighted by atomic mass is 10.2. The second-order valence-electron chi connectivity index (χ2n) is 4.88. The summed E-state index contributed by atoms with van der Waals surface area (Å²) in [6.45, 7) is 6.26. The fourth-order valence-electron chi connectivity index (χ4n) is 2.37. The first-order chi connectivity index (χ1) is 9.63. The van der Waals surface area contributed by atoms with Crippen LogP contribution in [0.5, 0.6) is 5.75 Å². The van der Waals surface area contributed by atoms with Crippen LogP contribution in [0.25, 0.3) is 0 Å². The van der Waals surface area contributed by atoms with E-state index in [1.807, 2.05) is 38.2 Å². The number of anilines is 1. The topological polar surface area (TPSA) is 42.0 Å². The van der Waals surface area contributed by atoms with Crippen LogP contribution in [-0.4, -0.2) is 50.4 Å². The van der Waals surface area contributed by atoms with Gasteiger partial charge in [-0.3, -0.25) is 14.6 Å². The Bertz CT molecular complexity index is 464. The van der Waals surface area contributed by atoms with Crippen LogP contribution in [-0.2, 0) is 9.53 Å². The van der Waals surface area contributed by atoms with E-state index in [2.05, 4.69) is 4.90 Å². The lowest BCUT2D eigenvalue weighted by Gasteiger charge is -2.37. The largest absolute Gasteiger partial charge is 0.492 e. The first kappa shape index (κ1) is 14.8. The third kappa shape index (κ3) is 3.29. The molecule has 1 aromatic rings. The lowest BCUT2D eigenvalue weighted by molar-refractivity contribution is -0.121. The minimum absolute atomic E-state index is 0.0440. The van der Waals surface area contributed by atoms with Crippen LogP contribution in [0.1, 0.15) is 13.8 Å². The van der Waals surface area contributed by atoms with Crippen molar-refractivity contribution in [1.29, 1.82) is 0 Å². The predicted octanol–water partition coefficient (Wildman–Crippen LogP) is 1.73. The maximum atomic E-state index is 12.1. The highest BCUT2D eigenvalue weighted by Crippen LogP contribution is 2.30. The van der Waals surface area contributed by atoms with Gasteiger partial charge in [0.1, 0.15) is 12.0 Å². The summed E-state index contributed by atoms with van der Waals surface area (Å²) >= 11 is 0. The molecule has 5 nitrogen and oxygen atoms in total. The minimum Gasteiger partial charge on any atom is -0.492 e. The molecule has 1 saturated heterocycles. The molecule has 1 aromatic carbocycles. The number of morpholine rings is 1. The summed E-state index contributed by atoms with van der Waals surface area (Å²) in [5.74, 6) is 0.666. The highest BCUT2D eigenvalue weighted by molar-refractivity contribution is 5.93. The Morgan fingerprint density at radius 3 is 2.90 bits per heavy atom. The van der Waals surface area contributed by atoms with Gasteiger partial charge in [0.2, 0.25) is 5.91 Å². The normalized spacial score (nSPS) is 19.6. The van der Waals surface area contributed by atoms with E-state index in [0.29, 0.717) is 25.5 Å². The summed E-state index contributed by atoms with van der Waals surface area (Å²) in [6, 6.07) is 7.58. The number of hydrogen-bond acceptors (Lipinski definition) is 4. The first-order valence-corrected chi connectivity index (χ1v) is 6.95. The van der Waals surface area contributed by atoms with Crippen LogP contribution in [0.2, 0.25) is 0 Å². The van der Waals surface area contributed by atoms with E-state index < -0.39 is 0 Å². The summed E-state index contributed by atoms with van der Waals surface area (Å²) in [5.41, 5.74) is 0.766. The molecule has 20 heavy (non-hydrogen) atoms. The third-order valence-corrected chi connectivity index (χ3v) is 3.30. The Morgan fingerprint density at radius 2 is 2.25 bits per heavy atom. The van der Waals surface area contributed by atoms with E-state index in [1.165, 1.54) is 0 Å². The molecule has 1 amide bonds. The molecule has 1 atom stereocenters. The summed E-state index contributed by atoms with van der Waals surface area (Å²) in [7, 11) is 2.03. The molecular weight excluding hydrogens is 256 g/mol. The molecule has 0 aromatic heterocycles. The van der Waals surface area contributed by atoms with Gasteiger partial charge in [-0.25, -0.2) is 0 Å². The number of benzene rings is 1. The summed E-state index contributed by atoms with van der Waals surface area (Å²) < 4.78 is 11.4. The molecule has 1 heterocycles. The van der Waals surface area contributed by atoms with Crippen LogP contribution >= 0.6 is 0 Å². The van der Waals surface area contributed by atoms with E-state index in [1.54, 1.807) is 11.8 Å². The quantitative estimate of drug-likeness (QED) is 0.841. The average Bonchev–Trinajstić information content (AvgIpc) is 2.41. The molecule has 1 aliphatic heterocycles. The zero-order chi connectivity index (χ0) is 14.5. The van der Waals surface area contributed by atoms with Crippen LogP contribution in [0.4, 0.5) is 5.69 Å². The highest BCUT2D eigenvalue weighted by Gasteiger charge is 2.29. The second-order valence-corrected chi connectivity index (χ2v) is 4.88. The molecule has 0 saturated carbocycles. The van der Waals surface area contributed by atoms with Gasteiger partial charge in [0.25, 0.3) is 0 Å². The average molecular weight is 278 g/mol. The summed E-state index contributed by atoms with van der Waals surface area (Å²) in [4.78, 5) is 15.9. The van der Waals surface area contributed by atoms with Crippen molar-refractivity contribution in [3.05, 3.63) is 24.3 Å². The van der Waals surface area contributed by atoms with Crippen molar-refractivity contribution in [1.82, 2.24) is 4.90 Å². The lowest BCUT2D eigenvalue weighted by Crippen LogP contribution is -2.51. The molecular formula is C15H22N2O3. The number of nitrogens with zero attached hydrogens (tertiary/aromatic N) is 2. The summed E-state index contributed by atoms with van der Waals surface area (Å²) in [6.07, 6.45) is -0.271. The Kier molecular flexibility index (Phi) is 4.98. The van der Waals surface area contributed by atoms with Crippen molar-refractivity contribution in [3.8, 4) is 5.75 Å². The molecule has 0 bridgehead atoms. The molecule has 0 N–H and O–H groups in total. The molecule has 1 fully saturated rings. The van der Waals surface area contributed by atoms with Gasteiger partial charge in [0.15, 0.2) is 0 Å². The van der Waals surface area contributed by atoms with Gasteiger partial charge >= 0.3 is 0 Å². The number of likely N-dealkylation sites (N-methyl/N-ethyl adjacent to an activating group) is 1. The second kappa shape index (κ2) is 6.72. The van der Waals surface area contributed by atoms with Crippen LogP contribution < -0.4 is 9.64 Å². The molecule has 0 aliphatic carbocycles. The van der Waals surface area contributed by atoms with E-state index in [0.717, 1.165) is 12.2 Å². The van der Waals surface area contributed by atoms with Crippen molar-refractivity contribution in [2.45, 2.75) is 20.1 Å². The van der Waals surface area contributed by atoms with Crippen molar-refractivity contribution in [2.75, 3.05) is 38.3 Å². The van der Waals surface area contributed by atoms with Crippen molar-refractivity contribution in [3.63, 3.8) is 0 Å². The number of carbonyl (C=O) groups excluding carboxylic acids is 1. The number of para-hydroxylation sites is 2. The predicted molar refractivity (Wildman–Crippen MR) is 78.0 cm³/mol. The molecule has 0 spiro atoms. The van der Waals surface area contributed by atoms with Gasteiger partial charge in [-0.1, -0.05) is 12.1 Å². The minimum atomic E-state index is -0.271. The van der Waals surface area contributed by atoms with Crippen molar-refractivity contribution in [2.24, 2.45) is 0 Å². The van der Waals surface area contributed by atoms with E-state index >= 15 is 0 Å². The number of hydrogen-bond donors (Lipinski definition) is 0. The SMILES string of the molecule is CCOc1ccccc1N(C(C)=O)C1CN(C)CCO1. The van der Waals surface area contributed by atoms with Gasteiger partial charge < -0.3 is 9.47 Å². The Labute approximate surface area is 120 Å². The maximum Gasteiger partial charge on any atom is 0.226 e. The number of amides is 1. The van der Waals surface area contributed by atoms with Crippen LogP contribution in [0.15, 0.2) is 24.3 Å². The number of rotatable bonds is 4.